The minimum atomic E-state index is -0.0856. The van der Waals surface area contributed by atoms with E-state index < -0.39 is 0 Å². The van der Waals surface area contributed by atoms with Gasteiger partial charge in [-0.3, -0.25) is 4.79 Å². The monoisotopic (exact) mass is 335 g/mol. The van der Waals surface area contributed by atoms with Crippen LogP contribution in [0.5, 0.6) is 0 Å². The van der Waals surface area contributed by atoms with E-state index in [4.69, 9.17) is 0 Å². The number of thiophene rings is 2. The van der Waals surface area contributed by atoms with Crippen LogP contribution in [0.3, 0.4) is 0 Å². The summed E-state index contributed by atoms with van der Waals surface area (Å²) in [5.74, 6) is -0.0856. The first kappa shape index (κ1) is 14.4. The molecule has 3 aromatic heterocycles. The Bertz CT molecular complexity index is 730. The molecule has 3 rings (SSSR count). The summed E-state index contributed by atoms with van der Waals surface area (Å²) in [5.41, 5.74) is 0.689. The summed E-state index contributed by atoms with van der Waals surface area (Å²) in [7, 11) is 0. The Hall–Kier alpha value is -1.57. The van der Waals surface area contributed by atoms with Crippen LogP contribution in [0.2, 0.25) is 0 Å². The molecule has 0 saturated heterocycles. The van der Waals surface area contributed by atoms with Gasteiger partial charge in [-0.2, -0.15) is 0 Å². The van der Waals surface area contributed by atoms with Gasteiger partial charge in [0.15, 0.2) is 0 Å². The van der Waals surface area contributed by atoms with E-state index in [0.717, 1.165) is 18.0 Å². The third-order valence-electron chi connectivity index (χ3n) is 2.94. The van der Waals surface area contributed by atoms with Gasteiger partial charge in [0, 0.05) is 21.2 Å². The highest BCUT2D eigenvalue weighted by molar-refractivity contribution is 7.21. The fourth-order valence-electron chi connectivity index (χ4n) is 1.88. The van der Waals surface area contributed by atoms with Gasteiger partial charge >= 0.3 is 0 Å². The number of nitrogens with one attached hydrogen (secondary N) is 1. The van der Waals surface area contributed by atoms with Gasteiger partial charge in [0.05, 0.1) is 5.69 Å². The zero-order valence-corrected chi connectivity index (χ0v) is 13.8. The van der Waals surface area contributed by atoms with Crippen molar-refractivity contribution in [2.45, 2.75) is 13.3 Å². The number of hydrogen-bond acceptors (Lipinski definition) is 6. The second-order valence-electron chi connectivity index (χ2n) is 4.44. The molecule has 3 heterocycles. The molecule has 21 heavy (non-hydrogen) atoms. The molecule has 0 radical (unpaired) electrons. The van der Waals surface area contributed by atoms with Gasteiger partial charge in [-0.05, 0) is 48.5 Å². The predicted molar refractivity (Wildman–Crippen MR) is 88.3 cm³/mol. The quantitative estimate of drug-likeness (QED) is 0.775. The standard InChI is InChI=1S/C14H13N3OS3/c1-9-13(21-17-16-9)14(18)15-7-6-10-4-5-12(20-10)11-3-2-8-19-11/h2-5,8H,6-7H2,1H3,(H,15,18). The van der Waals surface area contributed by atoms with Crippen molar-refractivity contribution in [2.24, 2.45) is 0 Å². The Morgan fingerprint density at radius 3 is 2.90 bits per heavy atom. The van der Waals surface area contributed by atoms with Gasteiger partial charge in [-0.1, -0.05) is 10.6 Å². The first-order valence-corrected chi connectivity index (χ1v) is 8.91. The molecule has 0 fully saturated rings. The van der Waals surface area contributed by atoms with Gasteiger partial charge in [0.2, 0.25) is 0 Å². The molecule has 3 aromatic rings. The first-order chi connectivity index (χ1) is 10.2. The lowest BCUT2D eigenvalue weighted by Gasteiger charge is -2.02. The molecule has 0 aliphatic heterocycles. The molecule has 0 saturated carbocycles. The van der Waals surface area contributed by atoms with Crippen LogP contribution in [0.1, 0.15) is 20.2 Å². The number of aromatic nitrogens is 2. The molecular formula is C14H13N3OS3. The molecular weight excluding hydrogens is 322 g/mol. The van der Waals surface area contributed by atoms with Crippen molar-refractivity contribution in [2.75, 3.05) is 6.54 Å². The number of carbonyl (C=O) groups is 1. The van der Waals surface area contributed by atoms with Crippen molar-refractivity contribution in [3.8, 4) is 9.75 Å². The maximum absolute atomic E-state index is 11.9. The lowest BCUT2D eigenvalue weighted by Crippen LogP contribution is -2.25. The molecule has 1 N–H and O–H groups in total. The minimum absolute atomic E-state index is 0.0856. The van der Waals surface area contributed by atoms with E-state index in [1.165, 1.54) is 14.6 Å². The van der Waals surface area contributed by atoms with Gasteiger partial charge in [-0.15, -0.1) is 27.8 Å². The van der Waals surface area contributed by atoms with E-state index in [2.05, 4.69) is 44.5 Å². The van der Waals surface area contributed by atoms with Crippen LogP contribution in [0.25, 0.3) is 9.75 Å². The SMILES string of the molecule is Cc1nnsc1C(=O)NCCc1ccc(-c2cccs2)s1. The predicted octanol–water partition coefficient (Wildman–Crippen LogP) is 3.61. The van der Waals surface area contributed by atoms with Crippen LogP contribution >= 0.6 is 34.2 Å². The summed E-state index contributed by atoms with van der Waals surface area (Å²) in [5, 5.41) is 8.85. The topological polar surface area (TPSA) is 54.9 Å². The number of amides is 1. The molecule has 7 heteroatoms. The molecule has 108 valence electrons. The second kappa shape index (κ2) is 6.46. The third-order valence-corrected chi connectivity index (χ3v) is 5.98. The molecule has 4 nitrogen and oxygen atoms in total. The van der Waals surface area contributed by atoms with Crippen LogP contribution < -0.4 is 5.32 Å². The van der Waals surface area contributed by atoms with E-state index in [1.807, 2.05) is 0 Å². The van der Waals surface area contributed by atoms with Crippen LogP contribution in [-0.4, -0.2) is 22.0 Å². The van der Waals surface area contributed by atoms with Crippen LogP contribution in [-0.2, 0) is 6.42 Å². The Labute approximate surface area is 134 Å². The Morgan fingerprint density at radius 1 is 1.29 bits per heavy atom. The lowest BCUT2D eigenvalue weighted by atomic mass is 10.3. The zero-order valence-electron chi connectivity index (χ0n) is 11.3. The Morgan fingerprint density at radius 2 is 2.19 bits per heavy atom. The van der Waals surface area contributed by atoms with Crippen molar-refractivity contribution < 1.29 is 4.79 Å². The number of aryl methyl sites for hydroxylation is 1. The molecule has 0 unspecified atom stereocenters. The summed E-state index contributed by atoms with van der Waals surface area (Å²) in [6.07, 6.45) is 0.840. The second-order valence-corrected chi connectivity index (χ2v) is 7.31. The van der Waals surface area contributed by atoms with Crippen molar-refractivity contribution in [1.29, 1.82) is 0 Å². The smallest absolute Gasteiger partial charge is 0.264 e. The van der Waals surface area contributed by atoms with E-state index in [-0.39, 0.29) is 5.91 Å². The van der Waals surface area contributed by atoms with Crippen molar-refractivity contribution in [3.63, 3.8) is 0 Å². The summed E-state index contributed by atoms with van der Waals surface area (Å²) >= 11 is 4.66. The van der Waals surface area contributed by atoms with Gasteiger partial charge in [0.25, 0.3) is 5.91 Å². The Kier molecular flexibility index (Phi) is 4.42. The van der Waals surface area contributed by atoms with Crippen molar-refractivity contribution in [3.05, 3.63) is 45.1 Å². The highest BCUT2D eigenvalue weighted by Crippen LogP contribution is 2.31. The van der Waals surface area contributed by atoms with E-state index >= 15 is 0 Å². The lowest BCUT2D eigenvalue weighted by molar-refractivity contribution is 0.0957. The minimum Gasteiger partial charge on any atom is -0.351 e. The number of carbonyl (C=O) groups excluding carboxylic acids is 1. The highest BCUT2D eigenvalue weighted by Gasteiger charge is 2.12. The fraction of sp³-hybridized carbons (Fsp3) is 0.214. The third kappa shape index (κ3) is 3.37. The summed E-state index contributed by atoms with van der Waals surface area (Å²) in [6, 6.07) is 8.46. The molecule has 0 spiro atoms. The average molecular weight is 335 g/mol. The Balaban J connectivity index is 1.54. The van der Waals surface area contributed by atoms with Crippen molar-refractivity contribution >= 4 is 40.1 Å². The van der Waals surface area contributed by atoms with E-state index in [0.29, 0.717) is 17.1 Å². The highest BCUT2D eigenvalue weighted by atomic mass is 32.1. The van der Waals surface area contributed by atoms with E-state index in [9.17, 15) is 4.79 Å². The largest absolute Gasteiger partial charge is 0.351 e. The van der Waals surface area contributed by atoms with Crippen molar-refractivity contribution in [1.82, 2.24) is 14.9 Å². The normalized spacial score (nSPS) is 10.7. The molecule has 1 amide bonds. The maximum atomic E-state index is 11.9. The molecule has 0 aromatic carbocycles. The average Bonchev–Trinajstić information content (AvgIpc) is 3.19. The van der Waals surface area contributed by atoms with Crippen LogP contribution in [0.15, 0.2) is 29.6 Å². The number of rotatable bonds is 5. The van der Waals surface area contributed by atoms with Gasteiger partial charge < -0.3 is 5.32 Å². The maximum Gasteiger partial charge on any atom is 0.264 e. The summed E-state index contributed by atoms with van der Waals surface area (Å²) < 4.78 is 3.77. The molecule has 0 aliphatic rings. The van der Waals surface area contributed by atoms with Gasteiger partial charge in [0.1, 0.15) is 4.88 Å². The first-order valence-electron chi connectivity index (χ1n) is 6.44. The van der Waals surface area contributed by atoms with Crippen LogP contribution in [0.4, 0.5) is 0 Å². The summed E-state index contributed by atoms with van der Waals surface area (Å²) in [6.45, 7) is 2.42. The van der Waals surface area contributed by atoms with E-state index in [1.54, 1.807) is 29.6 Å². The molecule has 0 bridgehead atoms. The van der Waals surface area contributed by atoms with Crippen LogP contribution in [0, 0.1) is 6.92 Å². The molecule has 0 aliphatic carbocycles. The zero-order chi connectivity index (χ0) is 14.7. The number of hydrogen-bond donors (Lipinski definition) is 1. The number of nitrogens with zero attached hydrogens (tertiary/aromatic N) is 2. The summed E-state index contributed by atoms with van der Waals surface area (Å²) in [4.78, 5) is 16.4. The molecule has 0 atom stereocenters. The van der Waals surface area contributed by atoms with Gasteiger partial charge in [-0.25, -0.2) is 0 Å². The fourth-order valence-corrected chi connectivity index (χ4v) is 4.30.